The van der Waals surface area contributed by atoms with Crippen LogP contribution in [0.25, 0.3) is 0 Å². The molecule has 2 atom stereocenters. The first kappa shape index (κ1) is 18.9. The Bertz CT molecular complexity index is 394. The second-order valence-electron chi connectivity index (χ2n) is 4.40. The molecular weight excluding hydrogens is 282 g/mol. The number of carbonyl (C=O) groups excluding carboxylic acids is 4. The van der Waals surface area contributed by atoms with Crippen LogP contribution in [-0.2, 0) is 33.4 Å². The Morgan fingerprint density at radius 3 is 1.95 bits per heavy atom. The van der Waals surface area contributed by atoms with Crippen LogP contribution in [0, 0.1) is 5.92 Å². The average Bonchev–Trinajstić information content (AvgIpc) is 2.48. The molecule has 0 aliphatic heterocycles. The zero-order valence-corrected chi connectivity index (χ0v) is 12.6. The fourth-order valence-electron chi connectivity index (χ4n) is 1.59. The van der Waals surface area contributed by atoms with Crippen LogP contribution >= 0.6 is 0 Å². The minimum absolute atomic E-state index is 0.0481. The minimum Gasteiger partial charge on any atom is -0.469 e. The van der Waals surface area contributed by atoms with Crippen LogP contribution in [0.1, 0.15) is 26.2 Å². The smallest absolute Gasteiger partial charge is 0.328 e. The summed E-state index contributed by atoms with van der Waals surface area (Å²) in [4.78, 5) is 45.6. The summed E-state index contributed by atoms with van der Waals surface area (Å²) in [5.41, 5.74) is 0. The first-order chi connectivity index (χ1) is 9.85. The molecule has 0 aliphatic carbocycles. The van der Waals surface area contributed by atoms with Gasteiger partial charge in [0.15, 0.2) is 0 Å². The molecule has 0 aromatic rings. The summed E-state index contributed by atoms with van der Waals surface area (Å²) >= 11 is 0. The molecule has 0 heterocycles. The van der Waals surface area contributed by atoms with E-state index >= 15 is 0 Å². The molecule has 0 radical (unpaired) electrons. The van der Waals surface area contributed by atoms with Gasteiger partial charge in [0.25, 0.3) is 0 Å². The monoisotopic (exact) mass is 303 g/mol. The number of hydrogen-bond acceptors (Lipinski definition) is 7. The average molecular weight is 303 g/mol. The first-order valence-corrected chi connectivity index (χ1v) is 6.36. The van der Waals surface area contributed by atoms with E-state index < -0.39 is 35.8 Å². The van der Waals surface area contributed by atoms with E-state index in [0.29, 0.717) is 0 Å². The van der Waals surface area contributed by atoms with Crippen LogP contribution in [0.4, 0.5) is 0 Å². The Morgan fingerprint density at radius 2 is 1.48 bits per heavy atom. The number of ether oxygens (including phenoxy) is 3. The maximum Gasteiger partial charge on any atom is 0.328 e. The van der Waals surface area contributed by atoms with Crippen molar-refractivity contribution in [1.29, 1.82) is 0 Å². The minimum atomic E-state index is -0.987. The maximum absolute atomic E-state index is 11.7. The standard InChI is InChI=1S/C13H21NO7/c1-8(7-11(17)20-3)12(13(18)21-4)14-9(15)5-6-10(16)19-2/h8,12H,5-7H2,1-4H3,(H,14,15)/t8-,12+/m1/s1. The quantitative estimate of drug-likeness (QED) is 0.488. The van der Waals surface area contributed by atoms with Crippen LogP contribution in [-0.4, -0.2) is 51.2 Å². The van der Waals surface area contributed by atoms with Gasteiger partial charge in [0.1, 0.15) is 6.04 Å². The van der Waals surface area contributed by atoms with E-state index in [2.05, 4.69) is 19.5 Å². The highest BCUT2D eigenvalue weighted by Crippen LogP contribution is 2.11. The lowest BCUT2D eigenvalue weighted by molar-refractivity contribution is -0.148. The fourth-order valence-corrected chi connectivity index (χ4v) is 1.59. The highest BCUT2D eigenvalue weighted by molar-refractivity contribution is 5.87. The highest BCUT2D eigenvalue weighted by Gasteiger charge is 2.29. The van der Waals surface area contributed by atoms with Crippen molar-refractivity contribution in [2.24, 2.45) is 5.92 Å². The molecule has 0 unspecified atom stereocenters. The molecule has 120 valence electrons. The molecule has 0 rings (SSSR count). The van der Waals surface area contributed by atoms with E-state index in [-0.39, 0.29) is 19.3 Å². The number of hydrogen-bond donors (Lipinski definition) is 1. The molecule has 0 spiro atoms. The van der Waals surface area contributed by atoms with Gasteiger partial charge < -0.3 is 19.5 Å². The lowest BCUT2D eigenvalue weighted by Crippen LogP contribution is -2.46. The van der Waals surface area contributed by atoms with Crippen molar-refractivity contribution in [3.63, 3.8) is 0 Å². The third kappa shape index (κ3) is 7.28. The van der Waals surface area contributed by atoms with Gasteiger partial charge in [-0.15, -0.1) is 0 Å². The summed E-state index contributed by atoms with van der Waals surface area (Å²) in [7, 11) is 3.63. The molecule has 1 N–H and O–H groups in total. The largest absolute Gasteiger partial charge is 0.469 e. The van der Waals surface area contributed by atoms with Crippen LogP contribution in [0.3, 0.4) is 0 Å². The summed E-state index contributed by atoms with van der Waals surface area (Å²) < 4.78 is 13.5. The molecule has 21 heavy (non-hydrogen) atoms. The van der Waals surface area contributed by atoms with Crippen molar-refractivity contribution in [3.8, 4) is 0 Å². The van der Waals surface area contributed by atoms with E-state index in [4.69, 9.17) is 0 Å². The van der Waals surface area contributed by atoms with Crippen molar-refractivity contribution in [1.82, 2.24) is 5.32 Å². The van der Waals surface area contributed by atoms with Gasteiger partial charge in [-0.1, -0.05) is 6.92 Å². The maximum atomic E-state index is 11.7. The SMILES string of the molecule is COC(=O)CCC(=O)N[C@H](C(=O)OC)[C@H](C)CC(=O)OC. The number of carbonyl (C=O) groups is 4. The van der Waals surface area contributed by atoms with Crippen molar-refractivity contribution in [2.45, 2.75) is 32.2 Å². The van der Waals surface area contributed by atoms with Crippen LogP contribution in [0.5, 0.6) is 0 Å². The number of methoxy groups -OCH3 is 3. The van der Waals surface area contributed by atoms with Gasteiger partial charge in [-0.3, -0.25) is 14.4 Å². The van der Waals surface area contributed by atoms with Crippen LogP contribution in [0.2, 0.25) is 0 Å². The molecule has 0 saturated carbocycles. The Labute approximate surface area is 123 Å². The summed E-state index contributed by atoms with van der Waals surface area (Å²) in [5.74, 6) is -2.71. The highest BCUT2D eigenvalue weighted by atomic mass is 16.5. The van der Waals surface area contributed by atoms with E-state index in [0.717, 1.165) is 0 Å². The fraction of sp³-hybridized carbons (Fsp3) is 0.692. The summed E-state index contributed by atoms with van der Waals surface area (Å²) in [6, 6.07) is -0.987. The number of amides is 1. The molecule has 0 aromatic carbocycles. The Hall–Kier alpha value is -2.12. The molecular formula is C13H21NO7. The van der Waals surface area contributed by atoms with Crippen molar-refractivity contribution >= 4 is 23.8 Å². The lowest BCUT2D eigenvalue weighted by Gasteiger charge is -2.22. The van der Waals surface area contributed by atoms with Gasteiger partial charge in [0.05, 0.1) is 34.2 Å². The number of rotatable bonds is 8. The van der Waals surface area contributed by atoms with E-state index in [1.165, 1.54) is 21.3 Å². The molecule has 0 aliphatic rings. The van der Waals surface area contributed by atoms with Crippen LogP contribution < -0.4 is 5.32 Å². The molecule has 8 nitrogen and oxygen atoms in total. The zero-order chi connectivity index (χ0) is 16.4. The van der Waals surface area contributed by atoms with E-state index in [9.17, 15) is 19.2 Å². The third-order valence-electron chi connectivity index (χ3n) is 2.84. The summed E-state index contributed by atoms with van der Waals surface area (Å²) in [5, 5.41) is 2.45. The molecule has 0 bridgehead atoms. The molecule has 1 amide bonds. The van der Waals surface area contributed by atoms with Gasteiger partial charge in [0, 0.05) is 6.42 Å². The predicted molar refractivity (Wildman–Crippen MR) is 71.0 cm³/mol. The topological polar surface area (TPSA) is 108 Å². The normalized spacial score (nSPS) is 12.8. The van der Waals surface area contributed by atoms with Gasteiger partial charge in [-0.25, -0.2) is 4.79 Å². The van der Waals surface area contributed by atoms with Crippen molar-refractivity contribution < 1.29 is 33.4 Å². The van der Waals surface area contributed by atoms with Gasteiger partial charge in [0.2, 0.25) is 5.91 Å². The molecule has 0 aromatic heterocycles. The van der Waals surface area contributed by atoms with Gasteiger partial charge in [-0.05, 0) is 5.92 Å². The van der Waals surface area contributed by atoms with Gasteiger partial charge in [-0.2, -0.15) is 0 Å². The Morgan fingerprint density at radius 1 is 0.905 bits per heavy atom. The van der Waals surface area contributed by atoms with Crippen LogP contribution in [0.15, 0.2) is 0 Å². The van der Waals surface area contributed by atoms with Crippen molar-refractivity contribution in [2.75, 3.05) is 21.3 Å². The first-order valence-electron chi connectivity index (χ1n) is 6.36. The second kappa shape index (κ2) is 9.73. The van der Waals surface area contributed by atoms with E-state index in [1.54, 1.807) is 6.92 Å². The Balaban J connectivity index is 4.62. The second-order valence-corrected chi connectivity index (χ2v) is 4.40. The summed E-state index contributed by atoms with van der Waals surface area (Å²) in [6.07, 6.45) is -0.264. The Kier molecular flexibility index (Phi) is 8.75. The molecule has 0 fully saturated rings. The lowest BCUT2D eigenvalue weighted by atomic mass is 9.98. The predicted octanol–water partition coefficient (Wildman–Crippen LogP) is -0.203. The summed E-state index contributed by atoms with van der Waals surface area (Å²) in [6.45, 7) is 1.61. The molecule has 0 saturated heterocycles. The van der Waals surface area contributed by atoms with Crippen molar-refractivity contribution in [3.05, 3.63) is 0 Å². The third-order valence-corrected chi connectivity index (χ3v) is 2.84. The zero-order valence-electron chi connectivity index (χ0n) is 12.6. The number of esters is 3. The molecule has 8 heteroatoms. The van der Waals surface area contributed by atoms with Gasteiger partial charge >= 0.3 is 17.9 Å². The van der Waals surface area contributed by atoms with E-state index in [1.807, 2.05) is 0 Å². The number of nitrogens with one attached hydrogen (secondary N) is 1.